The second kappa shape index (κ2) is 10.6. The lowest BCUT2D eigenvalue weighted by molar-refractivity contribution is -0.118. The van der Waals surface area contributed by atoms with Crippen LogP contribution in [-0.2, 0) is 10.5 Å². The molecule has 0 bridgehead atoms. The predicted octanol–water partition coefficient (Wildman–Crippen LogP) is 5.12. The van der Waals surface area contributed by atoms with Gasteiger partial charge in [0.05, 0.1) is 11.5 Å². The molecule has 0 radical (unpaired) electrons. The molecule has 1 N–H and O–H groups in total. The number of hydrogen-bond donors (Lipinski definition) is 1. The summed E-state index contributed by atoms with van der Waals surface area (Å²) in [5.74, 6) is 0.859. The molecule has 0 spiro atoms. The zero-order valence-corrected chi connectivity index (χ0v) is 18.2. The second-order valence-corrected chi connectivity index (χ2v) is 9.49. The van der Waals surface area contributed by atoms with Crippen LogP contribution in [0.2, 0.25) is 5.02 Å². The zero-order chi connectivity index (χ0) is 19.8. The first-order valence-corrected chi connectivity index (χ1v) is 11.5. The van der Waals surface area contributed by atoms with Crippen molar-refractivity contribution in [2.45, 2.75) is 21.4 Å². The number of thioether (sulfide) groups is 2. The lowest BCUT2D eigenvalue weighted by atomic mass is 10.1. The quantitative estimate of drug-likeness (QED) is 0.294. The van der Waals surface area contributed by atoms with E-state index >= 15 is 0 Å². The van der Waals surface area contributed by atoms with Gasteiger partial charge in [-0.05, 0) is 30.2 Å². The minimum atomic E-state index is -0.175. The van der Waals surface area contributed by atoms with E-state index in [2.05, 4.69) is 20.7 Å². The SMILES string of the molecule is C/C(=N/NC(=O)CSc1nnc(SCc2ccc(Cl)cc2)s1)c1ccccc1. The standard InChI is InChI=1S/C19H17ClN4OS3/c1-13(15-5-3-2-4-6-15)21-22-17(25)12-27-19-24-23-18(28-19)26-11-14-7-9-16(20)10-8-14/h2-10H,11-12H2,1H3,(H,22,25)/b21-13-. The van der Waals surface area contributed by atoms with Crippen LogP contribution in [0.15, 0.2) is 68.4 Å². The van der Waals surface area contributed by atoms with E-state index < -0.39 is 0 Å². The van der Waals surface area contributed by atoms with Gasteiger partial charge in [-0.3, -0.25) is 4.79 Å². The largest absolute Gasteiger partial charge is 0.272 e. The summed E-state index contributed by atoms with van der Waals surface area (Å²) in [6.07, 6.45) is 0. The van der Waals surface area contributed by atoms with Gasteiger partial charge in [-0.25, -0.2) is 5.43 Å². The normalized spacial score (nSPS) is 11.4. The maximum Gasteiger partial charge on any atom is 0.250 e. The molecule has 5 nitrogen and oxygen atoms in total. The summed E-state index contributed by atoms with van der Waals surface area (Å²) in [7, 11) is 0. The highest BCUT2D eigenvalue weighted by atomic mass is 35.5. The van der Waals surface area contributed by atoms with E-state index in [-0.39, 0.29) is 11.7 Å². The highest BCUT2D eigenvalue weighted by Crippen LogP contribution is 2.30. The van der Waals surface area contributed by atoms with Crippen LogP contribution in [0.1, 0.15) is 18.1 Å². The Bertz CT molecular complexity index is 945. The number of carbonyl (C=O) groups excluding carboxylic acids is 1. The molecule has 28 heavy (non-hydrogen) atoms. The monoisotopic (exact) mass is 448 g/mol. The minimum Gasteiger partial charge on any atom is -0.272 e. The summed E-state index contributed by atoms with van der Waals surface area (Å²) in [5, 5.41) is 13.2. The molecule has 0 aliphatic heterocycles. The second-order valence-electron chi connectivity index (χ2n) is 5.64. The molecule has 0 unspecified atom stereocenters. The van der Waals surface area contributed by atoms with Gasteiger partial charge in [0.25, 0.3) is 5.91 Å². The van der Waals surface area contributed by atoms with Crippen LogP contribution in [0.5, 0.6) is 0 Å². The summed E-state index contributed by atoms with van der Waals surface area (Å²) in [6.45, 7) is 1.86. The van der Waals surface area contributed by atoms with Crippen molar-refractivity contribution in [2.75, 3.05) is 5.75 Å². The van der Waals surface area contributed by atoms with Crippen LogP contribution in [-0.4, -0.2) is 27.6 Å². The average Bonchev–Trinajstić information content (AvgIpc) is 3.18. The van der Waals surface area contributed by atoms with Gasteiger partial charge in [0.15, 0.2) is 8.68 Å². The lowest BCUT2D eigenvalue weighted by Gasteiger charge is -2.01. The number of hydrazone groups is 1. The third-order valence-corrected chi connectivity index (χ3v) is 7.04. The van der Waals surface area contributed by atoms with Gasteiger partial charge in [0, 0.05) is 10.8 Å². The Hall–Kier alpha value is -1.87. The Morgan fingerprint density at radius 2 is 1.75 bits per heavy atom. The highest BCUT2D eigenvalue weighted by molar-refractivity contribution is 8.03. The van der Waals surface area contributed by atoms with E-state index in [9.17, 15) is 4.79 Å². The molecule has 0 atom stereocenters. The molecule has 144 valence electrons. The molecular weight excluding hydrogens is 432 g/mol. The van der Waals surface area contributed by atoms with Crippen molar-refractivity contribution in [3.05, 3.63) is 70.7 Å². The van der Waals surface area contributed by atoms with Crippen molar-refractivity contribution in [3.63, 3.8) is 0 Å². The summed E-state index contributed by atoms with van der Waals surface area (Å²) in [5.41, 5.74) is 5.48. The third-order valence-electron chi connectivity index (χ3n) is 3.53. The summed E-state index contributed by atoms with van der Waals surface area (Å²) < 4.78 is 1.63. The molecule has 0 saturated carbocycles. The van der Waals surface area contributed by atoms with Gasteiger partial charge in [0.2, 0.25) is 0 Å². The Balaban J connectivity index is 1.43. The highest BCUT2D eigenvalue weighted by Gasteiger charge is 2.09. The van der Waals surface area contributed by atoms with Gasteiger partial charge >= 0.3 is 0 Å². The summed E-state index contributed by atoms with van der Waals surface area (Å²) in [4.78, 5) is 12.0. The molecule has 3 aromatic rings. The summed E-state index contributed by atoms with van der Waals surface area (Å²) >= 11 is 10.3. The minimum absolute atomic E-state index is 0.175. The number of rotatable bonds is 8. The smallest absolute Gasteiger partial charge is 0.250 e. The van der Waals surface area contributed by atoms with Gasteiger partial charge < -0.3 is 0 Å². The number of benzene rings is 2. The molecule has 1 amide bonds. The number of carbonyl (C=O) groups is 1. The van der Waals surface area contributed by atoms with E-state index in [1.54, 1.807) is 11.8 Å². The molecule has 9 heteroatoms. The van der Waals surface area contributed by atoms with Crippen LogP contribution in [0.25, 0.3) is 0 Å². The molecule has 2 aromatic carbocycles. The van der Waals surface area contributed by atoms with Crippen molar-refractivity contribution >= 4 is 58.1 Å². The summed E-state index contributed by atoms with van der Waals surface area (Å²) in [6, 6.07) is 17.4. The van der Waals surface area contributed by atoms with E-state index in [0.717, 1.165) is 30.7 Å². The Labute approximate surface area is 181 Å². The third kappa shape index (κ3) is 6.63. The molecule has 3 rings (SSSR count). The first-order chi connectivity index (χ1) is 13.6. The van der Waals surface area contributed by atoms with Crippen LogP contribution in [0.3, 0.4) is 0 Å². The number of hydrogen-bond acceptors (Lipinski definition) is 7. The molecule has 0 saturated heterocycles. The van der Waals surface area contributed by atoms with Crippen LogP contribution >= 0.6 is 46.5 Å². The number of nitrogens with one attached hydrogen (secondary N) is 1. The number of aromatic nitrogens is 2. The van der Waals surface area contributed by atoms with E-state index in [1.165, 1.54) is 28.7 Å². The maximum absolute atomic E-state index is 12.0. The zero-order valence-electron chi connectivity index (χ0n) is 15.0. The molecule has 1 aromatic heterocycles. The first kappa shape index (κ1) is 20.9. The first-order valence-electron chi connectivity index (χ1n) is 8.32. The molecule has 0 fully saturated rings. The van der Waals surface area contributed by atoms with Gasteiger partial charge in [-0.1, -0.05) is 88.9 Å². The van der Waals surface area contributed by atoms with Crippen molar-refractivity contribution in [1.29, 1.82) is 0 Å². The molecular formula is C19H17ClN4OS3. The Kier molecular flexibility index (Phi) is 7.90. The van der Waals surface area contributed by atoms with Crippen molar-refractivity contribution in [3.8, 4) is 0 Å². The maximum atomic E-state index is 12.0. The van der Waals surface area contributed by atoms with Gasteiger partial charge in [0.1, 0.15) is 0 Å². The van der Waals surface area contributed by atoms with Crippen molar-refractivity contribution in [2.24, 2.45) is 5.10 Å². The molecule has 1 heterocycles. The fourth-order valence-corrected chi connectivity index (χ4v) is 4.98. The predicted molar refractivity (Wildman–Crippen MR) is 118 cm³/mol. The molecule has 0 aliphatic carbocycles. The van der Waals surface area contributed by atoms with Crippen molar-refractivity contribution in [1.82, 2.24) is 15.6 Å². The molecule has 0 aliphatic rings. The lowest BCUT2D eigenvalue weighted by Crippen LogP contribution is -2.21. The van der Waals surface area contributed by atoms with E-state index in [4.69, 9.17) is 11.6 Å². The fraction of sp³-hybridized carbons (Fsp3) is 0.158. The average molecular weight is 449 g/mol. The van der Waals surface area contributed by atoms with Gasteiger partial charge in [-0.2, -0.15) is 5.10 Å². The van der Waals surface area contributed by atoms with E-state index in [1.807, 2.05) is 61.5 Å². The van der Waals surface area contributed by atoms with Crippen LogP contribution in [0.4, 0.5) is 0 Å². The van der Waals surface area contributed by atoms with Crippen LogP contribution in [0, 0.1) is 0 Å². The van der Waals surface area contributed by atoms with E-state index in [0.29, 0.717) is 0 Å². The van der Waals surface area contributed by atoms with Crippen molar-refractivity contribution < 1.29 is 4.79 Å². The van der Waals surface area contributed by atoms with Crippen LogP contribution < -0.4 is 5.43 Å². The number of amides is 1. The number of nitrogens with zero attached hydrogens (tertiary/aromatic N) is 3. The number of halogens is 1. The Morgan fingerprint density at radius 3 is 2.46 bits per heavy atom. The van der Waals surface area contributed by atoms with Gasteiger partial charge in [-0.15, -0.1) is 10.2 Å². The Morgan fingerprint density at radius 1 is 1.07 bits per heavy atom. The fourth-order valence-electron chi connectivity index (χ4n) is 2.09. The topological polar surface area (TPSA) is 67.2 Å².